The van der Waals surface area contributed by atoms with Gasteiger partial charge in [-0.15, -0.1) is 0 Å². The second-order valence-electron chi connectivity index (χ2n) is 7.99. The van der Waals surface area contributed by atoms with Crippen molar-refractivity contribution in [1.29, 1.82) is 0 Å². The summed E-state index contributed by atoms with van der Waals surface area (Å²) in [5.74, 6) is -1.49. The summed E-state index contributed by atoms with van der Waals surface area (Å²) in [5, 5.41) is 14.2. The fraction of sp³-hybridized carbons (Fsp3) is 0.364. The lowest BCUT2D eigenvalue weighted by molar-refractivity contribution is -0.385. The van der Waals surface area contributed by atoms with E-state index in [0.29, 0.717) is 12.1 Å². The van der Waals surface area contributed by atoms with Crippen LogP contribution in [-0.4, -0.2) is 35.2 Å². The van der Waals surface area contributed by atoms with Gasteiger partial charge in [-0.25, -0.2) is 4.39 Å². The lowest BCUT2D eigenvalue weighted by Gasteiger charge is -2.36. The number of amides is 2. The SMILES string of the molecule is CC(C)CNC(=O)[C@]1(c2cc([N+](=O)[O-])ccc2F)CC(=O)N(C)[C@H]1c1ccccc1. The smallest absolute Gasteiger partial charge is 0.269 e. The van der Waals surface area contributed by atoms with E-state index >= 15 is 4.39 Å². The van der Waals surface area contributed by atoms with Gasteiger partial charge in [0.1, 0.15) is 11.2 Å². The van der Waals surface area contributed by atoms with Gasteiger partial charge in [0, 0.05) is 37.7 Å². The maximum atomic E-state index is 15.1. The van der Waals surface area contributed by atoms with E-state index in [0.717, 1.165) is 18.2 Å². The number of nitrogens with one attached hydrogen (secondary N) is 1. The molecule has 2 amide bonds. The van der Waals surface area contributed by atoms with Crippen LogP contribution in [0.1, 0.15) is 37.4 Å². The van der Waals surface area contributed by atoms with Crippen LogP contribution in [0.15, 0.2) is 48.5 Å². The van der Waals surface area contributed by atoms with Crippen molar-refractivity contribution >= 4 is 17.5 Å². The molecule has 1 aliphatic heterocycles. The number of hydrogen-bond acceptors (Lipinski definition) is 4. The van der Waals surface area contributed by atoms with E-state index in [1.54, 1.807) is 37.4 Å². The molecule has 2 aromatic carbocycles. The monoisotopic (exact) mass is 413 g/mol. The lowest BCUT2D eigenvalue weighted by atomic mass is 9.70. The third kappa shape index (κ3) is 3.65. The molecule has 1 N–H and O–H groups in total. The van der Waals surface area contributed by atoms with E-state index in [1.165, 1.54) is 4.90 Å². The zero-order valence-corrected chi connectivity index (χ0v) is 17.1. The number of likely N-dealkylation sites (N-methyl/N-ethyl adjacent to an activating group) is 1. The highest BCUT2D eigenvalue weighted by Gasteiger charge is 2.58. The Balaban J connectivity index is 2.27. The summed E-state index contributed by atoms with van der Waals surface area (Å²) in [4.78, 5) is 38.5. The van der Waals surface area contributed by atoms with Gasteiger partial charge in [-0.2, -0.15) is 0 Å². The highest BCUT2D eigenvalue weighted by Crippen LogP contribution is 2.50. The zero-order chi connectivity index (χ0) is 22.1. The molecule has 158 valence electrons. The third-order valence-corrected chi connectivity index (χ3v) is 5.51. The standard InChI is InChI=1S/C22H24FN3O4/c1-14(2)13-24-21(28)22(17-11-16(26(29)30)9-10-18(17)23)12-19(27)25(3)20(22)15-7-5-4-6-8-15/h4-11,14,20H,12-13H2,1-3H3,(H,24,28)/t20-,22-/m0/s1. The molecule has 7 nitrogen and oxygen atoms in total. The summed E-state index contributed by atoms with van der Waals surface area (Å²) in [6.45, 7) is 4.17. The zero-order valence-electron chi connectivity index (χ0n) is 17.1. The molecule has 0 aliphatic carbocycles. The van der Waals surface area contributed by atoms with Crippen LogP contribution < -0.4 is 5.32 Å². The van der Waals surface area contributed by atoms with Crippen LogP contribution in [0.5, 0.6) is 0 Å². The number of nitro groups is 1. The van der Waals surface area contributed by atoms with E-state index < -0.39 is 28.1 Å². The van der Waals surface area contributed by atoms with Crippen molar-refractivity contribution in [3.8, 4) is 0 Å². The van der Waals surface area contributed by atoms with Crippen LogP contribution in [-0.2, 0) is 15.0 Å². The molecule has 30 heavy (non-hydrogen) atoms. The van der Waals surface area contributed by atoms with E-state index in [4.69, 9.17) is 0 Å². The number of non-ortho nitro benzene ring substituents is 1. The summed E-state index contributed by atoms with van der Waals surface area (Å²) in [6.07, 6.45) is -0.287. The number of hydrogen-bond donors (Lipinski definition) is 1. The minimum Gasteiger partial charge on any atom is -0.355 e. The summed E-state index contributed by atoms with van der Waals surface area (Å²) in [5.41, 5.74) is -1.48. The molecule has 3 rings (SSSR count). The van der Waals surface area contributed by atoms with Crippen molar-refractivity contribution in [2.75, 3.05) is 13.6 Å². The Bertz CT molecular complexity index is 980. The third-order valence-electron chi connectivity index (χ3n) is 5.51. The number of nitrogens with zero attached hydrogens (tertiary/aromatic N) is 2. The first kappa shape index (κ1) is 21.4. The predicted molar refractivity (Wildman–Crippen MR) is 109 cm³/mol. The molecule has 1 fully saturated rings. The highest BCUT2D eigenvalue weighted by molar-refractivity contribution is 5.98. The Kier molecular flexibility index (Phi) is 5.87. The van der Waals surface area contributed by atoms with Gasteiger partial charge in [-0.05, 0) is 17.5 Å². The number of benzene rings is 2. The molecule has 1 aliphatic rings. The predicted octanol–water partition coefficient (Wildman–Crippen LogP) is 3.35. The van der Waals surface area contributed by atoms with Crippen molar-refractivity contribution < 1.29 is 18.9 Å². The molecule has 0 spiro atoms. The number of rotatable bonds is 6. The first-order valence-corrected chi connectivity index (χ1v) is 9.71. The maximum absolute atomic E-state index is 15.1. The summed E-state index contributed by atoms with van der Waals surface area (Å²) in [6, 6.07) is 11.2. The van der Waals surface area contributed by atoms with E-state index in [1.807, 2.05) is 13.8 Å². The fourth-order valence-corrected chi connectivity index (χ4v) is 4.07. The normalized spacial score (nSPS) is 21.2. The largest absolute Gasteiger partial charge is 0.355 e. The van der Waals surface area contributed by atoms with Crippen LogP contribution in [0.25, 0.3) is 0 Å². The van der Waals surface area contributed by atoms with Crippen molar-refractivity contribution in [1.82, 2.24) is 10.2 Å². The minimum absolute atomic E-state index is 0.131. The van der Waals surface area contributed by atoms with E-state index in [2.05, 4.69) is 5.32 Å². The molecule has 1 heterocycles. The lowest BCUT2D eigenvalue weighted by Crippen LogP contribution is -2.49. The Morgan fingerprint density at radius 2 is 1.97 bits per heavy atom. The van der Waals surface area contributed by atoms with Gasteiger partial charge in [0.2, 0.25) is 11.8 Å². The van der Waals surface area contributed by atoms with E-state index in [9.17, 15) is 19.7 Å². The topological polar surface area (TPSA) is 92.5 Å². The van der Waals surface area contributed by atoms with Crippen LogP contribution in [0.3, 0.4) is 0 Å². The van der Waals surface area contributed by atoms with E-state index in [-0.39, 0.29) is 29.5 Å². The van der Waals surface area contributed by atoms with Gasteiger partial charge in [-0.3, -0.25) is 19.7 Å². The molecule has 1 saturated heterocycles. The van der Waals surface area contributed by atoms with Crippen molar-refractivity contribution in [2.24, 2.45) is 5.92 Å². The number of carbonyl (C=O) groups excluding carboxylic acids is 2. The van der Waals surface area contributed by atoms with Crippen molar-refractivity contribution in [3.63, 3.8) is 0 Å². The highest BCUT2D eigenvalue weighted by atomic mass is 19.1. The maximum Gasteiger partial charge on any atom is 0.269 e. The van der Waals surface area contributed by atoms with Crippen LogP contribution >= 0.6 is 0 Å². The first-order chi connectivity index (χ1) is 14.2. The Hall–Kier alpha value is -3.29. The average molecular weight is 413 g/mol. The molecule has 8 heteroatoms. The number of halogens is 1. The Morgan fingerprint density at radius 1 is 1.30 bits per heavy atom. The van der Waals surface area contributed by atoms with Crippen LogP contribution in [0, 0.1) is 21.8 Å². The number of likely N-dealkylation sites (tertiary alicyclic amines) is 1. The van der Waals surface area contributed by atoms with Gasteiger partial charge in [0.25, 0.3) is 5.69 Å². The number of nitro benzene ring substituents is 1. The van der Waals surface area contributed by atoms with Gasteiger partial charge < -0.3 is 10.2 Å². The van der Waals surface area contributed by atoms with Gasteiger partial charge in [-0.1, -0.05) is 44.2 Å². The van der Waals surface area contributed by atoms with Gasteiger partial charge in [0.05, 0.1) is 11.0 Å². The number of carbonyl (C=O) groups is 2. The molecular formula is C22H24FN3O4. The second kappa shape index (κ2) is 8.22. The van der Waals surface area contributed by atoms with Crippen molar-refractivity contribution in [2.45, 2.75) is 31.7 Å². The molecule has 2 atom stereocenters. The molecule has 0 radical (unpaired) electrons. The fourth-order valence-electron chi connectivity index (χ4n) is 4.07. The first-order valence-electron chi connectivity index (χ1n) is 9.71. The minimum atomic E-state index is -1.64. The average Bonchev–Trinajstić information content (AvgIpc) is 2.98. The van der Waals surface area contributed by atoms with Crippen LogP contribution in [0.2, 0.25) is 0 Å². The molecule has 0 unspecified atom stereocenters. The second-order valence-corrected chi connectivity index (χ2v) is 7.99. The molecule has 0 aromatic heterocycles. The summed E-state index contributed by atoms with van der Waals surface area (Å²) < 4.78 is 15.1. The summed E-state index contributed by atoms with van der Waals surface area (Å²) >= 11 is 0. The molecule has 0 bridgehead atoms. The Morgan fingerprint density at radius 3 is 2.57 bits per heavy atom. The molecular weight excluding hydrogens is 389 g/mol. The van der Waals surface area contributed by atoms with Crippen molar-refractivity contribution in [3.05, 3.63) is 75.6 Å². The molecule has 2 aromatic rings. The summed E-state index contributed by atoms with van der Waals surface area (Å²) in [7, 11) is 1.56. The van der Waals surface area contributed by atoms with Gasteiger partial charge >= 0.3 is 0 Å². The van der Waals surface area contributed by atoms with Crippen LogP contribution in [0.4, 0.5) is 10.1 Å². The quantitative estimate of drug-likeness (QED) is 0.581. The Labute approximate surface area is 174 Å². The molecule has 0 saturated carbocycles. The van der Waals surface area contributed by atoms with Gasteiger partial charge in [0.15, 0.2) is 0 Å².